The van der Waals surface area contributed by atoms with Gasteiger partial charge >= 0.3 is 0 Å². The van der Waals surface area contributed by atoms with Crippen LogP contribution in [0.15, 0.2) is 18.2 Å². The van der Waals surface area contributed by atoms with Crippen LogP contribution in [0.3, 0.4) is 0 Å². The smallest absolute Gasteiger partial charge is 0.130 e. The van der Waals surface area contributed by atoms with Crippen LogP contribution in [0.1, 0.15) is 60.1 Å². The molecule has 102 valence electrons. The molecule has 3 heteroatoms. The Kier molecular flexibility index (Phi) is 18.9. The van der Waals surface area contributed by atoms with E-state index in [1.165, 1.54) is 12.1 Å². The molecular weight excluding hydrogens is 220 g/mol. The number of hydrogen-bond acceptors (Lipinski definition) is 1. The van der Waals surface area contributed by atoms with Crippen molar-refractivity contribution in [2.75, 3.05) is 0 Å². The number of halogens is 2. The quantitative estimate of drug-likeness (QED) is 0.737. The SMILES string of the molecule is CC.CC.CC.CC(N)c1ccc(F)cc1F. The van der Waals surface area contributed by atoms with E-state index in [1.54, 1.807) is 6.92 Å². The van der Waals surface area contributed by atoms with E-state index in [0.717, 1.165) is 6.07 Å². The minimum absolute atomic E-state index is 0.339. The number of benzene rings is 1. The summed E-state index contributed by atoms with van der Waals surface area (Å²) in [7, 11) is 0. The highest BCUT2D eigenvalue weighted by Gasteiger charge is 2.06. The molecule has 0 fully saturated rings. The Morgan fingerprint density at radius 3 is 1.65 bits per heavy atom. The molecule has 1 rings (SSSR count). The van der Waals surface area contributed by atoms with E-state index in [9.17, 15) is 8.78 Å². The third-order valence-electron chi connectivity index (χ3n) is 1.45. The van der Waals surface area contributed by atoms with E-state index in [2.05, 4.69) is 0 Å². The van der Waals surface area contributed by atoms with Crippen molar-refractivity contribution < 1.29 is 8.78 Å². The van der Waals surface area contributed by atoms with E-state index >= 15 is 0 Å². The summed E-state index contributed by atoms with van der Waals surface area (Å²) in [6, 6.07) is 2.99. The third-order valence-corrected chi connectivity index (χ3v) is 1.45. The van der Waals surface area contributed by atoms with Crippen molar-refractivity contribution in [3.63, 3.8) is 0 Å². The standard InChI is InChI=1S/C8H9F2N.3C2H6/c1-5(11)7-3-2-6(9)4-8(7)10;3*1-2/h2-5H,11H2,1H3;3*1-2H3. The minimum Gasteiger partial charge on any atom is -0.324 e. The molecule has 0 saturated carbocycles. The van der Waals surface area contributed by atoms with Gasteiger partial charge < -0.3 is 5.73 Å². The van der Waals surface area contributed by atoms with Gasteiger partial charge in [-0.25, -0.2) is 8.78 Å². The fourth-order valence-corrected chi connectivity index (χ4v) is 0.871. The van der Waals surface area contributed by atoms with Crippen LogP contribution in [0.2, 0.25) is 0 Å². The lowest BCUT2D eigenvalue weighted by Gasteiger charge is -2.05. The summed E-state index contributed by atoms with van der Waals surface area (Å²) >= 11 is 0. The number of rotatable bonds is 1. The first kappa shape index (κ1) is 21.3. The molecule has 0 amide bonds. The van der Waals surface area contributed by atoms with E-state index in [1.807, 2.05) is 41.5 Å². The maximum atomic E-state index is 12.8. The third kappa shape index (κ3) is 9.94. The maximum absolute atomic E-state index is 12.8. The van der Waals surface area contributed by atoms with Gasteiger partial charge in [-0.15, -0.1) is 0 Å². The molecule has 0 aliphatic rings. The topological polar surface area (TPSA) is 26.0 Å². The van der Waals surface area contributed by atoms with E-state index in [4.69, 9.17) is 5.73 Å². The van der Waals surface area contributed by atoms with Gasteiger partial charge in [0.2, 0.25) is 0 Å². The van der Waals surface area contributed by atoms with Crippen molar-refractivity contribution in [1.29, 1.82) is 0 Å². The monoisotopic (exact) mass is 247 g/mol. The molecule has 0 bridgehead atoms. The Hall–Kier alpha value is -0.960. The summed E-state index contributed by atoms with van der Waals surface area (Å²) in [5.41, 5.74) is 5.74. The van der Waals surface area contributed by atoms with Crippen molar-refractivity contribution in [2.24, 2.45) is 5.73 Å². The second kappa shape index (κ2) is 15.0. The highest BCUT2D eigenvalue weighted by atomic mass is 19.1. The summed E-state index contributed by atoms with van der Waals surface area (Å²) in [5, 5.41) is 0. The fourth-order valence-electron chi connectivity index (χ4n) is 0.871. The lowest BCUT2D eigenvalue weighted by molar-refractivity contribution is 0.562. The molecule has 1 atom stereocenters. The first-order valence-electron chi connectivity index (χ1n) is 6.32. The predicted octanol–water partition coefficient (Wildman–Crippen LogP) is 5.06. The zero-order valence-corrected chi connectivity index (χ0v) is 12.1. The van der Waals surface area contributed by atoms with Crippen LogP contribution in [0, 0.1) is 11.6 Å². The zero-order valence-electron chi connectivity index (χ0n) is 12.1. The first-order chi connectivity index (χ1) is 8.11. The summed E-state index contributed by atoms with van der Waals surface area (Å²) in [5.74, 6) is -1.16. The molecule has 0 radical (unpaired) electrons. The molecule has 0 spiro atoms. The van der Waals surface area contributed by atoms with Gasteiger partial charge in [-0.3, -0.25) is 0 Å². The van der Waals surface area contributed by atoms with Crippen molar-refractivity contribution in [3.8, 4) is 0 Å². The number of nitrogens with two attached hydrogens (primary N) is 1. The molecule has 2 N–H and O–H groups in total. The molecule has 1 unspecified atom stereocenters. The highest BCUT2D eigenvalue weighted by molar-refractivity contribution is 5.20. The van der Waals surface area contributed by atoms with E-state index in [0.29, 0.717) is 5.56 Å². The van der Waals surface area contributed by atoms with Crippen LogP contribution in [-0.4, -0.2) is 0 Å². The second-order valence-corrected chi connectivity index (χ2v) is 2.45. The molecule has 17 heavy (non-hydrogen) atoms. The van der Waals surface area contributed by atoms with E-state index < -0.39 is 17.7 Å². The van der Waals surface area contributed by atoms with Gasteiger partial charge in [0.1, 0.15) is 11.6 Å². The zero-order chi connectivity index (χ0) is 14.4. The summed E-state index contributed by atoms with van der Waals surface area (Å²) in [4.78, 5) is 0. The van der Waals surface area contributed by atoms with Crippen molar-refractivity contribution >= 4 is 0 Å². The molecule has 0 heterocycles. The number of hydrogen-bond donors (Lipinski definition) is 1. The van der Waals surface area contributed by atoms with Crippen LogP contribution in [0.25, 0.3) is 0 Å². The van der Waals surface area contributed by atoms with Crippen molar-refractivity contribution in [1.82, 2.24) is 0 Å². The molecule has 0 aromatic heterocycles. The average Bonchev–Trinajstić information content (AvgIpc) is 2.36. The van der Waals surface area contributed by atoms with Crippen molar-refractivity contribution in [3.05, 3.63) is 35.4 Å². The van der Waals surface area contributed by atoms with Crippen LogP contribution in [0.5, 0.6) is 0 Å². The maximum Gasteiger partial charge on any atom is 0.130 e. The van der Waals surface area contributed by atoms with Gasteiger partial charge in [-0.1, -0.05) is 47.6 Å². The molecule has 1 aromatic carbocycles. The second-order valence-electron chi connectivity index (χ2n) is 2.45. The minimum atomic E-state index is -0.583. The van der Waals surface area contributed by atoms with Crippen molar-refractivity contribution in [2.45, 2.75) is 54.5 Å². The molecule has 1 nitrogen and oxygen atoms in total. The molecule has 0 aliphatic carbocycles. The Labute approximate surface area is 105 Å². The largest absolute Gasteiger partial charge is 0.324 e. The van der Waals surface area contributed by atoms with Crippen LogP contribution in [0.4, 0.5) is 8.78 Å². The summed E-state index contributed by atoms with van der Waals surface area (Å²) in [6.07, 6.45) is 0. The van der Waals surface area contributed by atoms with Gasteiger partial charge in [-0.05, 0) is 13.0 Å². The molecular formula is C14H27F2N. The van der Waals surface area contributed by atoms with Crippen LogP contribution in [-0.2, 0) is 0 Å². The average molecular weight is 247 g/mol. The van der Waals surface area contributed by atoms with Crippen LogP contribution >= 0.6 is 0 Å². The van der Waals surface area contributed by atoms with Gasteiger partial charge in [0.15, 0.2) is 0 Å². The fraction of sp³-hybridized carbons (Fsp3) is 0.571. The highest BCUT2D eigenvalue weighted by Crippen LogP contribution is 2.14. The molecule has 0 aliphatic heterocycles. The van der Waals surface area contributed by atoms with Gasteiger partial charge in [0, 0.05) is 17.7 Å². The summed E-state index contributed by atoms with van der Waals surface area (Å²) in [6.45, 7) is 13.6. The van der Waals surface area contributed by atoms with Crippen LogP contribution < -0.4 is 5.73 Å². The molecule has 1 aromatic rings. The molecule has 0 saturated heterocycles. The predicted molar refractivity (Wildman–Crippen MR) is 73.0 cm³/mol. The first-order valence-corrected chi connectivity index (χ1v) is 6.32. The van der Waals surface area contributed by atoms with Gasteiger partial charge in [0.05, 0.1) is 0 Å². The Bertz CT molecular complexity index is 260. The van der Waals surface area contributed by atoms with E-state index in [-0.39, 0.29) is 0 Å². The normalized spacial score (nSPS) is 9.53. The summed E-state index contributed by atoms with van der Waals surface area (Å²) < 4.78 is 25.1. The Morgan fingerprint density at radius 2 is 1.35 bits per heavy atom. The van der Waals surface area contributed by atoms with Gasteiger partial charge in [0.25, 0.3) is 0 Å². The Balaban J connectivity index is -0.000000285. The van der Waals surface area contributed by atoms with Gasteiger partial charge in [-0.2, -0.15) is 0 Å². The Morgan fingerprint density at radius 1 is 0.941 bits per heavy atom. The lowest BCUT2D eigenvalue weighted by atomic mass is 10.1. The lowest BCUT2D eigenvalue weighted by Crippen LogP contribution is -2.07.